The van der Waals surface area contributed by atoms with Gasteiger partial charge in [0.05, 0.1) is 0 Å². The van der Waals surface area contributed by atoms with Crippen LogP contribution in [0.2, 0.25) is 0 Å². The van der Waals surface area contributed by atoms with Gasteiger partial charge in [-0.1, -0.05) is 26.0 Å². The molecule has 0 saturated heterocycles. The van der Waals surface area contributed by atoms with Crippen molar-refractivity contribution in [2.24, 2.45) is 0 Å². The summed E-state index contributed by atoms with van der Waals surface area (Å²) in [6.45, 7) is 14.2. The molecule has 102 valence electrons. The summed E-state index contributed by atoms with van der Waals surface area (Å²) in [6, 6.07) is 7.39. The van der Waals surface area contributed by atoms with Gasteiger partial charge in [-0.25, -0.2) is 0 Å². The molecule has 2 heteroatoms. The van der Waals surface area contributed by atoms with Crippen molar-refractivity contribution in [1.29, 1.82) is 0 Å². The van der Waals surface area contributed by atoms with E-state index in [4.69, 9.17) is 0 Å². The molecule has 0 spiro atoms. The highest BCUT2D eigenvalue weighted by atomic mass is 15.1. The number of rotatable bonds is 7. The molecule has 0 aliphatic carbocycles. The number of anilines is 1. The summed E-state index contributed by atoms with van der Waals surface area (Å²) in [6.07, 6.45) is 1.19. The van der Waals surface area contributed by atoms with Crippen LogP contribution in [0.5, 0.6) is 0 Å². The molecular formula is C16H28N2. The van der Waals surface area contributed by atoms with Crippen molar-refractivity contribution >= 4 is 5.69 Å². The first-order valence-electron chi connectivity index (χ1n) is 7.17. The highest BCUT2D eigenvalue weighted by Gasteiger charge is 2.11. The first-order chi connectivity index (χ1) is 8.60. The number of nitrogens with zero attached hydrogens (tertiary/aromatic N) is 1. The van der Waals surface area contributed by atoms with Crippen molar-refractivity contribution < 1.29 is 0 Å². The van der Waals surface area contributed by atoms with Gasteiger partial charge in [0.2, 0.25) is 0 Å². The molecule has 1 aromatic rings. The Kier molecular flexibility index (Phi) is 6.20. The Bertz CT molecular complexity index is 358. The van der Waals surface area contributed by atoms with Crippen LogP contribution < -0.4 is 10.2 Å². The van der Waals surface area contributed by atoms with Gasteiger partial charge in [0.1, 0.15) is 0 Å². The maximum atomic E-state index is 3.37. The standard InChI is InChI=1S/C16H28N2/c1-6-10-18(13(3)4)16-9-8-15(11-14(16)5)12-17-7-2/h8-9,11,13,17H,6-7,10,12H2,1-5H3. The zero-order chi connectivity index (χ0) is 13.5. The fourth-order valence-electron chi connectivity index (χ4n) is 2.32. The maximum Gasteiger partial charge on any atom is 0.0398 e. The summed E-state index contributed by atoms with van der Waals surface area (Å²) in [5.74, 6) is 0. The largest absolute Gasteiger partial charge is 0.369 e. The predicted molar refractivity (Wildman–Crippen MR) is 81.3 cm³/mol. The fraction of sp³-hybridized carbons (Fsp3) is 0.625. The van der Waals surface area contributed by atoms with E-state index in [1.165, 1.54) is 23.2 Å². The first-order valence-corrected chi connectivity index (χ1v) is 7.17. The minimum atomic E-state index is 0.559. The second-order valence-electron chi connectivity index (χ2n) is 5.19. The Labute approximate surface area is 112 Å². The van der Waals surface area contributed by atoms with Crippen molar-refractivity contribution in [2.75, 3.05) is 18.0 Å². The normalized spacial score (nSPS) is 11.0. The van der Waals surface area contributed by atoms with E-state index >= 15 is 0 Å². The van der Waals surface area contributed by atoms with E-state index in [9.17, 15) is 0 Å². The van der Waals surface area contributed by atoms with Gasteiger partial charge in [0.15, 0.2) is 0 Å². The average molecular weight is 248 g/mol. The van der Waals surface area contributed by atoms with E-state index in [0.29, 0.717) is 6.04 Å². The van der Waals surface area contributed by atoms with Crippen LogP contribution in [0.3, 0.4) is 0 Å². The minimum absolute atomic E-state index is 0.559. The van der Waals surface area contributed by atoms with Crippen LogP contribution in [0.4, 0.5) is 5.69 Å². The SMILES string of the molecule is CCCN(c1ccc(CNCC)cc1C)C(C)C. The average Bonchev–Trinajstić information content (AvgIpc) is 2.34. The quantitative estimate of drug-likeness (QED) is 0.791. The Hall–Kier alpha value is -1.02. The third-order valence-corrected chi connectivity index (χ3v) is 3.24. The molecule has 0 bridgehead atoms. The molecule has 0 aliphatic heterocycles. The monoisotopic (exact) mass is 248 g/mol. The summed E-state index contributed by atoms with van der Waals surface area (Å²) in [5.41, 5.74) is 4.14. The zero-order valence-electron chi connectivity index (χ0n) is 12.6. The summed E-state index contributed by atoms with van der Waals surface area (Å²) >= 11 is 0. The van der Waals surface area contributed by atoms with Crippen LogP contribution in [0.25, 0.3) is 0 Å². The molecule has 0 heterocycles. The number of hydrogen-bond donors (Lipinski definition) is 1. The van der Waals surface area contributed by atoms with Crippen LogP contribution in [0, 0.1) is 6.92 Å². The Morgan fingerprint density at radius 2 is 1.94 bits per heavy atom. The summed E-state index contributed by atoms with van der Waals surface area (Å²) in [4.78, 5) is 2.49. The molecule has 0 amide bonds. The lowest BCUT2D eigenvalue weighted by molar-refractivity contribution is 0.668. The molecule has 0 saturated carbocycles. The summed E-state index contributed by atoms with van der Waals surface area (Å²) in [7, 11) is 0. The van der Waals surface area contributed by atoms with Crippen molar-refractivity contribution in [3.05, 3.63) is 29.3 Å². The molecule has 0 atom stereocenters. The lowest BCUT2D eigenvalue weighted by Gasteiger charge is -2.30. The van der Waals surface area contributed by atoms with E-state index in [1.54, 1.807) is 0 Å². The molecule has 1 rings (SSSR count). The number of benzene rings is 1. The molecule has 0 aliphatic rings. The van der Waals surface area contributed by atoms with Gasteiger partial charge in [-0.05, 0) is 50.9 Å². The van der Waals surface area contributed by atoms with Crippen molar-refractivity contribution in [3.63, 3.8) is 0 Å². The van der Waals surface area contributed by atoms with Gasteiger partial charge < -0.3 is 10.2 Å². The zero-order valence-corrected chi connectivity index (χ0v) is 12.6. The lowest BCUT2D eigenvalue weighted by Crippen LogP contribution is -2.32. The van der Waals surface area contributed by atoms with Crippen LogP contribution >= 0.6 is 0 Å². The molecule has 1 N–H and O–H groups in total. The van der Waals surface area contributed by atoms with Gasteiger partial charge in [-0.3, -0.25) is 0 Å². The van der Waals surface area contributed by atoms with E-state index in [0.717, 1.165) is 19.6 Å². The van der Waals surface area contributed by atoms with Gasteiger partial charge in [0.25, 0.3) is 0 Å². The Morgan fingerprint density at radius 1 is 1.22 bits per heavy atom. The van der Waals surface area contributed by atoms with Crippen molar-refractivity contribution in [2.45, 2.75) is 53.6 Å². The first kappa shape index (κ1) is 15.0. The molecule has 0 radical (unpaired) electrons. The van der Waals surface area contributed by atoms with Crippen molar-refractivity contribution in [3.8, 4) is 0 Å². The van der Waals surface area contributed by atoms with E-state index < -0.39 is 0 Å². The highest BCUT2D eigenvalue weighted by molar-refractivity contribution is 5.55. The maximum absolute atomic E-state index is 3.37. The molecule has 18 heavy (non-hydrogen) atoms. The summed E-state index contributed by atoms with van der Waals surface area (Å²) < 4.78 is 0. The minimum Gasteiger partial charge on any atom is -0.369 e. The van der Waals surface area contributed by atoms with Crippen LogP contribution in [-0.4, -0.2) is 19.1 Å². The van der Waals surface area contributed by atoms with Crippen LogP contribution in [0.1, 0.15) is 45.2 Å². The molecular weight excluding hydrogens is 220 g/mol. The Balaban J connectivity index is 2.88. The second kappa shape index (κ2) is 7.42. The number of hydrogen-bond acceptors (Lipinski definition) is 2. The molecule has 0 fully saturated rings. The summed E-state index contributed by atoms with van der Waals surface area (Å²) in [5, 5.41) is 3.37. The van der Waals surface area contributed by atoms with Crippen LogP contribution in [-0.2, 0) is 6.54 Å². The number of aryl methyl sites for hydroxylation is 1. The Morgan fingerprint density at radius 3 is 2.44 bits per heavy atom. The number of nitrogens with one attached hydrogen (secondary N) is 1. The lowest BCUT2D eigenvalue weighted by atomic mass is 10.1. The van der Waals surface area contributed by atoms with Gasteiger partial charge in [-0.15, -0.1) is 0 Å². The van der Waals surface area contributed by atoms with Crippen molar-refractivity contribution in [1.82, 2.24) is 5.32 Å². The van der Waals surface area contributed by atoms with Gasteiger partial charge in [0, 0.05) is 24.8 Å². The van der Waals surface area contributed by atoms with Gasteiger partial charge >= 0.3 is 0 Å². The van der Waals surface area contributed by atoms with E-state index in [1.807, 2.05) is 0 Å². The van der Waals surface area contributed by atoms with E-state index in [2.05, 4.69) is 63.0 Å². The topological polar surface area (TPSA) is 15.3 Å². The van der Waals surface area contributed by atoms with Gasteiger partial charge in [-0.2, -0.15) is 0 Å². The highest BCUT2D eigenvalue weighted by Crippen LogP contribution is 2.23. The van der Waals surface area contributed by atoms with E-state index in [-0.39, 0.29) is 0 Å². The molecule has 2 nitrogen and oxygen atoms in total. The second-order valence-corrected chi connectivity index (χ2v) is 5.19. The third kappa shape index (κ3) is 4.02. The molecule has 0 unspecified atom stereocenters. The predicted octanol–water partition coefficient (Wildman–Crippen LogP) is 3.73. The van der Waals surface area contributed by atoms with Crippen LogP contribution in [0.15, 0.2) is 18.2 Å². The fourth-order valence-corrected chi connectivity index (χ4v) is 2.32. The smallest absolute Gasteiger partial charge is 0.0398 e. The third-order valence-electron chi connectivity index (χ3n) is 3.24. The molecule has 0 aromatic heterocycles. The molecule has 1 aromatic carbocycles.